The van der Waals surface area contributed by atoms with E-state index in [1.807, 2.05) is 13.8 Å². The summed E-state index contributed by atoms with van der Waals surface area (Å²) in [5.41, 5.74) is 2.25. The van der Waals surface area contributed by atoms with Crippen LogP contribution in [0.1, 0.15) is 17.9 Å². The first-order valence-electron chi connectivity index (χ1n) is 7.56. The van der Waals surface area contributed by atoms with Crippen LogP contribution in [-0.4, -0.2) is 22.7 Å². The number of aromatic nitrogens is 2. The highest BCUT2D eigenvalue weighted by atomic mass is 35.5. The number of hydrogen-bond acceptors (Lipinski definition) is 5. The summed E-state index contributed by atoms with van der Waals surface area (Å²) in [4.78, 5) is 8.50. The van der Waals surface area contributed by atoms with Gasteiger partial charge in [0.1, 0.15) is 16.7 Å². The summed E-state index contributed by atoms with van der Waals surface area (Å²) in [6.07, 6.45) is 3.64. The predicted molar refractivity (Wildman–Crippen MR) is 107 cm³/mol. The lowest BCUT2D eigenvalue weighted by Gasteiger charge is -2.10. The van der Waals surface area contributed by atoms with Crippen LogP contribution in [0.25, 0.3) is 0 Å². The molecular formula is C17H18Cl3N5. The number of hydrogen-bond donors (Lipinski definition) is 3. The number of nitrogens with one attached hydrogen (secondary N) is 3. The Balaban J connectivity index is 1.97. The molecule has 132 valence electrons. The van der Waals surface area contributed by atoms with Crippen molar-refractivity contribution in [1.29, 1.82) is 5.41 Å². The lowest BCUT2D eigenvalue weighted by Crippen LogP contribution is -2.08. The average Bonchev–Trinajstić information content (AvgIpc) is 2.56. The van der Waals surface area contributed by atoms with E-state index in [-0.39, 0.29) is 0 Å². The van der Waals surface area contributed by atoms with E-state index in [0.717, 1.165) is 17.0 Å². The van der Waals surface area contributed by atoms with Gasteiger partial charge < -0.3 is 16.0 Å². The normalized spacial score (nSPS) is 11.3. The molecule has 0 saturated heterocycles. The molecule has 8 heteroatoms. The lowest BCUT2D eigenvalue weighted by molar-refractivity contribution is 0.973. The number of aryl methyl sites for hydroxylation is 2. The van der Waals surface area contributed by atoms with Gasteiger partial charge in [0, 0.05) is 24.0 Å². The van der Waals surface area contributed by atoms with Gasteiger partial charge in [0.05, 0.1) is 16.4 Å². The average molecular weight is 399 g/mol. The van der Waals surface area contributed by atoms with E-state index in [4.69, 9.17) is 40.2 Å². The van der Waals surface area contributed by atoms with Crippen molar-refractivity contribution in [2.45, 2.75) is 20.3 Å². The Morgan fingerprint density at radius 3 is 2.64 bits per heavy atom. The monoisotopic (exact) mass is 397 g/mol. The van der Waals surface area contributed by atoms with E-state index in [1.54, 1.807) is 24.4 Å². The maximum Gasteiger partial charge on any atom is 0.148 e. The molecule has 5 nitrogen and oxygen atoms in total. The number of nitrogens with zero attached hydrogens (tertiary/aromatic N) is 2. The molecule has 2 rings (SSSR count). The smallest absolute Gasteiger partial charge is 0.148 e. The first-order chi connectivity index (χ1) is 11.9. The Morgan fingerprint density at radius 1 is 1.20 bits per heavy atom. The third-order valence-electron chi connectivity index (χ3n) is 3.36. The summed E-state index contributed by atoms with van der Waals surface area (Å²) in [5.74, 6) is 1.26. The molecule has 0 unspecified atom stereocenters. The van der Waals surface area contributed by atoms with E-state index >= 15 is 0 Å². The van der Waals surface area contributed by atoms with Crippen molar-refractivity contribution in [2.75, 3.05) is 17.2 Å². The summed E-state index contributed by atoms with van der Waals surface area (Å²) in [6.45, 7) is 4.23. The van der Waals surface area contributed by atoms with Gasteiger partial charge in [0.15, 0.2) is 0 Å². The summed E-state index contributed by atoms with van der Waals surface area (Å²) in [6, 6.07) is 5.19. The van der Waals surface area contributed by atoms with Gasteiger partial charge in [0.25, 0.3) is 0 Å². The van der Waals surface area contributed by atoms with Crippen molar-refractivity contribution < 1.29 is 0 Å². The largest absolute Gasteiger partial charge is 0.368 e. The molecule has 0 saturated carbocycles. The van der Waals surface area contributed by atoms with Crippen LogP contribution in [0, 0.1) is 19.3 Å². The fraction of sp³-hybridized carbons (Fsp3) is 0.235. The zero-order valence-electron chi connectivity index (χ0n) is 13.8. The quantitative estimate of drug-likeness (QED) is 0.538. The second-order valence-corrected chi connectivity index (χ2v) is 6.55. The maximum absolute atomic E-state index is 7.54. The molecule has 3 N–H and O–H groups in total. The second-order valence-electron chi connectivity index (χ2n) is 5.33. The predicted octanol–water partition coefficient (Wildman–Crippen LogP) is 5.50. The molecule has 1 aromatic heterocycles. The maximum atomic E-state index is 7.54. The standard InChI is InChI=1S/C17H18Cl3N5/c1-10-16(20)17(25-11(2)24-10)22-6-5-12(8-21)9-23-15-4-3-13(18)7-14(15)19/h3-4,7-9,21,23H,5-6H2,1-2H3,(H,22,24,25)/b12-9-,21-8?. The van der Waals surface area contributed by atoms with Crippen LogP contribution in [0.2, 0.25) is 15.1 Å². The van der Waals surface area contributed by atoms with Crippen molar-refractivity contribution >= 4 is 52.5 Å². The molecule has 0 aliphatic rings. The van der Waals surface area contributed by atoms with Crippen LogP contribution >= 0.6 is 34.8 Å². The fourth-order valence-corrected chi connectivity index (χ4v) is 2.72. The number of benzene rings is 1. The summed E-state index contributed by atoms with van der Waals surface area (Å²) >= 11 is 18.2. The first-order valence-corrected chi connectivity index (χ1v) is 8.70. The second kappa shape index (κ2) is 9.04. The SMILES string of the molecule is Cc1nc(C)c(Cl)c(NCC/C(C=N)=C/Nc2ccc(Cl)cc2Cl)n1. The van der Waals surface area contributed by atoms with Crippen molar-refractivity contribution in [3.8, 4) is 0 Å². The van der Waals surface area contributed by atoms with E-state index in [1.165, 1.54) is 6.21 Å². The molecule has 0 atom stereocenters. The summed E-state index contributed by atoms with van der Waals surface area (Å²) in [5, 5.41) is 15.4. The molecule has 0 bridgehead atoms. The zero-order valence-corrected chi connectivity index (χ0v) is 16.1. The van der Waals surface area contributed by atoms with E-state index in [9.17, 15) is 0 Å². The van der Waals surface area contributed by atoms with Crippen LogP contribution in [0.5, 0.6) is 0 Å². The van der Waals surface area contributed by atoms with Gasteiger partial charge in [-0.15, -0.1) is 0 Å². The van der Waals surface area contributed by atoms with Gasteiger partial charge in [-0.2, -0.15) is 0 Å². The fourth-order valence-electron chi connectivity index (χ4n) is 2.10. The lowest BCUT2D eigenvalue weighted by atomic mass is 10.2. The topological polar surface area (TPSA) is 73.7 Å². The highest BCUT2D eigenvalue weighted by Gasteiger charge is 2.07. The molecule has 0 radical (unpaired) electrons. The Hall–Kier alpha value is -1.82. The van der Waals surface area contributed by atoms with Crippen molar-refractivity contribution in [2.24, 2.45) is 0 Å². The Labute approximate surface area is 161 Å². The molecule has 0 fully saturated rings. The van der Waals surface area contributed by atoms with Gasteiger partial charge in [-0.1, -0.05) is 34.8 Å². The van der Waals surface area contributed by atoms with Crippen LogP contribution in [0.3, 0.4) is 0 Å². The third-order valence-corrected chi connectivity index (χ3v) is 4.36. The van der Waals surface area contributed by atoms with Gasteiger partial charge in [-0.05, 0) is 44.0 Å². The van der Waals surface area contributed by atoms with Crippen LogP contribution in [0.15, 0.2) is 30.0 Å². The van der Waals surface area contributed by atoms with Gasteiger partial charge in [0.2, 0.25) is 0 Å². The van der Waals surface area contributed by atoms with Crippen molar-refractivity contribution in [1.82, 2.24) is 9.97 Å². The van der Waals surface area contributed by atoms with Crippen molar-refractivity contribution in [3.05, 3.63) is 56.6 Å². The minimum Gasteiger partial charge on any atom is -0.368 e. The summed E-state index contributed by atoms with van der Waals surface area (Å²) < 4.78 is 0. The first kappa shape index (κ1) is 19.5. The highest BCUT2D eigenvalue weighted by molar-refractivity contribution is 6.36. The van der Waals surface area contributed by atoms with E-state index < -0.39 is 0 Å². The van der Waals surface area contributed by atoms with Crippen LogP contribution < -0.4 is 10.6 Å². The Morgan fingerprint density at radius 2 is 1.96 bits per heavy atom. The van der Waals surface area contributed by atoms with Gasteiger partial charge in [-0.3, -0.25) is 0 Å². The van der Waals surface area contributed by atoms with Crippen molar-refractivity contribution in [3.63, 3.8) is 0 Å². The molecule has 0 amide bonds. The molecule has 0 aliphatic heterocycles. The number of anilines is 2. The molecule has 1 heterocycles. The number of rotatable bonds is 7. The summed E-state index contributed by atoms with van der Waals surface area (Å²) in [7, 11) is 0. The highest BCUT2D eigenvalue weighted by Crippen LogP contribution is 2.25. The molecule has 25 heavy (non-hydrogen) atoms. The van der Waals surface area contributed by atoms with Gasteiger partial charge >= 0.3 is 0 Å². The molecule has 0 spiro atoms. The Bertz CT molecular complexity index is 805. The van der Waals surface area contributed by atoms with Crippen LogP contribution in [-0.2, 0) is 0 Å². The molecular weight excluding hydrogens is 381 g/mol. The van der Waals surface area contributed by atoms with E-state index in [2.05, 4.69) is 20.6 Å². The van der Waals surface area contributed by atoms with Gasteiger partial charge in [-0.25, -0.2) is 9.97 Å². The minimum atomic E-state index is 0.511. The Kier molecular flexibility index (Phi) is 7.05. The molecule has 1 aromatic carbocycles. The zero-order chi connectivity index (χ0) is 18.4. The molecule has 2 aromatic rings. The third kappa shape index (κ3) is 5.59. The van der Waals surface area contributed by atoms with E-state index in [0.29, 0.717) is 39.7 Å². The molecule has 0 aliphatic carbocycles. The number of halogens is 3. The van der Waals surface area contributed by atoms with Crippen LogP contribution in [0.4, 0.5) is 11.5 Å². The minimum absolute atomic E-state index is 0.511.